The van der Waals surface area contributed by atoms with Gasteiger partial charge >= 0.3 is 0 Å². The molecule has 1 unspecified atom stereocenters. The predicted octanol–water partition coefficient (Wildman–Crippen LogP) is 3.62. The molecule has 108 valence electrons. The Labute approximate surface area is 124 Å². The van der Waals surface area contributed by atoms with Gasteiger partial charge in [0.2, 0.25) is 0 Å². The van der Waals surface area contributed by atoms with E-state index in [1.807, 2.05) is 42.5 Å². The van der Waals surface area contributed by atoms with Gasteiger partial charge in [-0.15, -0.1) is 0 Å². The summed E-state index contributed by atoms with van der Waals surface area (Å²) in [6.45, 7) is 0. The van der Waals surface area contributed by atoms with E-state index in [0.717, 1.165) is 29.5 Å². The molecule has 3 heteroatoms. The van der Waals surface area contributed by atoms with Gasteiger partial charge in [0, 0.05) is 11.1 Å². The molecule has 0 aliphatic heterocycles. The Hall–Kier alpha value is -2.29. The standard InChI is InChI=1S/C18H18O3/c1-20-15-8-5-9-16(21-2)17(15)14-11-10-12-6-3-4-7-13(12)18(14)19/h3-9,14H,10-11H2,1-2H3. The summed E-state index contributed by atoms with van der Waals surface area (Å²) in [6, 6.07) is 13.5. The lowest BCUT2D eigenvalue weighted by Gasteiger charge is -2.26. The molecular formula is C18H18O3. The van der Waals surface area contributed by atoms with E-state index < -0.39 is 0 Å². The van der Waals surface area contributed by atoms with Crippen molar-refractivity contribution in [3.63, 3.8) is 0 Å². The topological polar surface area (TPSA) is 35.5 Å². The lowest BCUT2D eigenvalue weighted by molar-refractivity contribution is 0.0943. The number of methoxy groups -OCH3 is 2. The van der Waals surface area contributed by atoms with E-state index in [2.05, 4.69) is 0 Å². The molecule has 2 aromatic rings. The summed E-state index contributed by atoms with van der Waals surface area (Å²) in [5, 5.41) is 0. The third-order valence-electron chi connectivity index (χ3n) is 4.12. The normalized spacial score (nSPS) is 17.2. The lowest BCUT2D eigenvalue weighted by atomic mass is 9.78. The number of ether oxygens (including phenoxy) is 2. The zero-order valence-corrected chi connectivity index (χ0v) is 12.3. The second kappa shape index (κ2) is 5.60. The fourth-order valence-electron chi connectivity index (χ4n) is 3.10. The maximum atomic E-state index is 12.8. The summed E-state index contributed by atoms with van der Waals surface area (Å²) in [6.07, 6.45) is 1.68. The molecule has 0 heterocycles. The van der Waals surface area contributed by atoms with Gasteiger partial charge in [0.05, 0.1) is 20.1 Å². The number of ketones is 1. The van der Waals surface area contributed by atoms with Crippen molar-refractivity contribution < 1.29 is 14.3 Å². The van der Waals surface area contributed by atoms with Crippen LogP contribution in [0.4, 0.5) is 0 Å². The van der Waals surface area contributed by atoms with E-state index in [1.165, 1.54) is 0 Å². The van der Waals surface area contributed by atoms with E-state index >= 15 is 0 Å². The number of hydrogen-bond donors (Lipinski definition) is 0. The number of aryl methyl sites for hydroxylation is 1. The summed E-state index contributed by atoms with van der Waals surface area (Å²) < 4.78 is 10.9. The highest BCUT2D eigenvalue weighted by molar-refractivity contribution is 6.03. The third kappa shape index (κ3) is 2.29. The molecule has 0 radical (unpaired) electrons. The average Bonchev–Trinajstić information content (AvgIpc) is 2.55. The first kappa shape index (κ1) is 13.7. The Morgan fingerprint density at radius 1 is 0.952 bits per heavy atom. The molecule has 3 nitrogen and oxygen atoms in total. The van der Waals surface area contributed by atoms with Gasteiger partial charge in [0.25, 0.3) is 0 Å². The second-order valence-corrected chi connectivity index (χ2v) is 5.19. The smallest absolute Gasteiger partial charge is 0.170 e. The summed E-state index contributed by atoms with van der Waals surface area (Å²) in [5.41, 5.74) is 2.82. The van der Waals surface area contributed by atoms with Crippen LogP contribution < -0.4 is 9.47 Å². The Bertz CT molecular complexity index is 654. The fourth-order valence-corrected chi connectivity index (χ4v) is 3.10. The molecule has 0 saturated carbocycles. The number of carbonyl (C=O) groups is 1. The molecule has 0 bridgehead atoms. The number of carbonyl (C=O) groups excluding carboxylic acids is 1. The Balaban J connectivity index is 2.09. The van der Waals surface area contributed by atoms with Crippen LogP contribution in [0.1, 0.15) is 33.8 Å². The fraction of sp³-hybridized carbons (Fsp3) is 0.278. The van der Waals surface area contributed by atoms with E-state index in [1.54, 1.807) is 14.2 Å². The van der Waals surface area contributed by atoms with E-state index in [9.17, 15) is 4.79 Å². The largest absolute Gasteiger partial charge is 0.496 e. The molecule has 0 aromatic heterocycles. The SMILES string of the molecule is COc1cccc(OC)c1C1CCc2ccccc2C1=O. The first-order chi connectivity index (χ1) is 10.3. The van der Waals surface area contributed by atoms with Crippen LogP contribution in [0, 0.1) is 0 Å². The first-order valence-electron chi connectivity index (χ1n) is 7.09. The molecule has 0 saturated heterocycles. The zero-order valence-electron chi connectivity index (χ0n) is 12.3. The Kier molecular flexibility index (Phi) is 3.65. The monoisotopic (exact) mass is 282 g/mol. The highest BCUT2D eigenvalue weighted by atomic mass is 16.5. The quantitative estimate of drug-likeness (QED) is 0.862. The highest BCUT2D eigenvalue weighted by Crippen LogP contribution is 2.41. The van der Waals surface area contributed by atoms with Crippen LogP contribution in [-0.4, -0.2) is 20.0 Å². The molecule has 1 aliphatic rings. The molecule has 2 aromatic carbocycles. The van der Waals surface area contributed by atoms with Crippen molar-refractivity contribution in [1.29, 1.82) is 0 Å². The lowest BCUT2D eigenvalue weighted by Crippen LogP contribution is -2.22. The van der Waals surface area contributed by atoms with Gasteiger partial charge in [-0.05, 0) is 30.5 Å². The van der Waals surface area contributed by atoms with Gasteiger partial charge in [0.15, 0.2) is 5.78 Å². The molecular weight excluding hydrogens is 264 g/mol. The van der Waals surface area contributed by atoms with Gasteiger partial charge < -0.3 is 9.47 Å². The second-order valence-electron chi connectivity index (χ2n) is 5.19. The van der Waals surface area contributed by atoms with Crippen LogP contribution in [0.15, 0.2) is 42.5 Å². The minimum Gasteiger partial charge on any atom is -0.496 e. The third-order valence-corrected chi connectivity index (χ3v) is 4.12. The summed E-state index contributed by atoms with van der Waals surface area (Å²) in [5.74, 6) is 1.38. The Morgan fingerprint density at radius 3 is 2.29 bits per heavy atom. The molecule has 0 amide bonds. The number of benzene rings is 2. The maximum absolute atomic E-state index is 12.8. The van der Waals surface area contributed by atoms with Crippen molar-refractivity contribution in [2.75, 3.05) is 14.2 Å². The predicted molar refractivity (Wildman–Crippen MR) is 81.4 cm³/mol. The maximum Gasteiger partial charge on any atom is 0.170 e. The summed E-state index contributed by atoms with van der Waals surface area (Å²) in [7, 11) is 3.25. The highest BCUT2D eigenvalue weighted by Gasteiger charge is 2.32. The molecule has 3 rings (SSSR count). The molecule has 1 atom stereocenters. The van der Waals surface area contributed by atoms with Crippen molar-refractivity contribution in [1.82, 2.24) is 0 Å². The van der Waals surface area contributed by atoms with Crippen molar-refractivity contribution in [2.24, 2.45) is 0 Å². The van der Waals surface area contributed by atoms with Gasteiger partial charge in [0.1, 0.15) is 11.5 Å². The van der Waals surface area contributed by atoms with E-state index in [0.29, 0.717) is 11.5 Å². The van der Waals surface area contributed by atoms with Crippen LogP contribution in [0.25, 0.3) is 0 Å². The average molecular weight is 282 g/mol. The molecule has 0 N–H and O–H groups in total. The minimum absolute atomic E-state index is 0.152. The summed E-state index contributed by atoms with van der Waals surface area (Å²) in [4.78, 5) is 12.8. The van der Waals surface area contributed by atoms with Gasteiger partial charge in [-0.25, -0.2) is 0 Å². The number of rotatable bonds is 3. The van der Waals surface area contributed by atoms with Crippen molar-refractivity contribution in [3.05, 3.63) is 59.2 Å². The number of Topliss-reactive ketones (excluding diaryl/α,β-unsaturated/α-hetero) is 1. The molecule has 1 aliphatic carbocycles. The molecule has 21 heavy (non-hydrogen) atoms. The van der Waals surface area contributed by atoms with Crippen LogP contribution >= 0.6 is 0 Å². The molecule has 0 spiro atoms. The van der Waals surface area contributed by atoms with Crippen molar-refractivity contribution in [2.45, 2.75) is 18.8 Å². The van der Waals surface area contributed by atoms with Crippen LogP contribution in [0.3, 0.4) is 0 Å². The van der Waals surface area contributed by atoms with Crippen molar-refractivity contribution in [3.8, 4) is 11.5 Å². The van der Waals surface area contributed by atoms with Gasteiger partial charge in [-0.3, -0.25) is 4.79 Å². The Morgan fingerprint density at radius 2 is 1.62 bits per heavy atom. The van der Waals surface area contributed by atoms with Crippen LogP contribution in [-0.2, 0) is 6.42 Å². The molecule has 0 fully saturated rings. The number of hydrogen-bond acceptors (Lipinski definition) is 3. The number of fused-ring (bicyclic) bond motifs is 1. The van der Waals surface area contributed by atoms with Crippen LogP contribution in [0.5, 0.6) is 11.5 Å². The zero-order chi connectivity index (χ0) is 14.8. The van der Waals surface area contributed by atoms with Crippen LogP contribution in [0.2, 0.25) is 0 Å². The van der Waals surface area contributed by atoms with E-state index in [-0.39, 0.29) is 11.7 Å². The summed E-state index contributed by atoms with van der Waals surface area (Å²) >= 11 is 0. The first-order valence-corrected chi connectivity index (χ1v) is 7.09. The van der Waals surface area contributed by atoms with Gasteiger partial charge in [-0.2, -0.15) is 0 Å². The van der Waals surface area contributed by atoms with E-state index in [4.69, 9.17) is 9.47 Å². The minimum atomic E-state index is -0.203. The van der Waals surface area contributed by atoms with Gasteiger partial charge in [-0.1, -0.05) is 30.3 Å². The van der Waals surface area contributed by atoms with Crippen molar-refractivity contribution >= 4 is 5.78 Å².